The molecule has 0 aliphatic heterocycles. The third-order valence-electron chi connectivity index (χ3n) is 3.85. The molecule has 2 rings (SSSR count). The lowest BCUT2D eigenvalue weighted by atomic mass is 10.4. The van der Waals surface area contributed by atoms with Gasteiger partial charge < -0.3 is 9.05 Å². The predicted octanol–water partition coefficient (Wildman–Crippen LogP) is 4.71. The van der Waals surface area contributed by atoms with Gasteiger partial charge in [-0.25, -0.2) is 0 Å². The highest BCUT2D eigenvalue weighted by molar-refractivity contribution is 7.76. The summed E-state index contributed by atoms with van der Waals surface area (Å²) in [5.41, 5.74) is 0.263. The highest BCUT2D eigenvalue weighted by Gasteiger charge is 2.37. The molecule has 0 aliphatic carbocycles. The number of halogens is 1. The van der Waals surface area contributed by atoms with Gasteiger partial charge in [0, 0.05) is 10.6 Å². The first-order valence-corrected chi connectivity index (χ1v) is 12.7. The molecule has 28 heavy (non-hydrogen) atoms. The average molecular weight is 443 g/mol. The molecule has 6 nitrogen and oxygen atoms in total. The summed E-state index contributed by atoms with van der Waals surface area (Å²) in [7, 11) is -6.86. The first-order valence-electron chi connectivity index (χ1n) is 8.93. The largest absolute Gasteiger partial charge is 0.354 e. The van der Waals surface area contributed by atoms with Gasteiger partial charge in [0.05, 0.1) is 18.9 Å². The summed E-state index contributed by atoms with van der Waals surface area (Å²) in [6.45, 7) is 5.38. The standard InChI is InChI=1S/C19H25ClN2O4P2/c1-4-25-28(24,26-5-2)19(20)16(3)21-22-27(23,17-12-8-6-9-13-17)18-14-10-7-11-15-18/h6-15,19H,4-5H2,1-3H3,(H,22,23)/b21-16+. The topological polar surface area (TPSA) is 77.0 Å². The molecule has 2 aromatic rings. The van der Waals surface area contributed by atoms with E-state index in [1.807, 2.05) is 36.4 Å². The second-order valence-electron chi connectivity index (χ2n) is 5.84. The second-order valence-corrected chi connectivity index (χ2v) is 11.1. The van der Waals surface area contributed by atoms with E-state index in [0.717, 1.165) is 0 Å². The Morgan fingerprint density at radius 3 is 1.79 bits per heavy atom. The number of alkyl halides is 1. The van der Waals surface area contributed by atoms with Crippen molar-refractivity contribution in [3.63, 3.8) is 0 Å². The highest BCUT2D eigenvalue weighted by atomic mass is 35.5. The third-order valence-corrected chi connectivity index (χ3v) is 9.48. The van der Waals surface area contributed by atoms with E-state index in [1.54, 1.807) is 45.0 Å². The van der Waals surface area contributed by atoms with E-state index in [9.17, 15) is 9.13 Å². The van der Waals surface area contributed by atoms with E-state index >= 15 is 0 Å². The van der Waals surface area contributed by atoms with Crippen LogP contribution in [0.1, 0.15) is 20.8 Å². The van der Waals surface area contributed by atoms with Crippen LogP contribution in [0.2, 0.25) is 0 Å². The summed E-state index contributed by atoms with van der Waals surface area (Å²) in [6, 6.07) is 18.0. The van der Waals surface area contributed by atoms with Gasteiger partial charge in [-0.1, -0.05) is 36.4 Å². The van der Waals surface area contributed by atoms with Crippen LogP contribution in [0, 0.1) is 0 Å². The average Bonchev–Trinajstić information content (AvgIpc) is 2.73. The fraction of sp³-hybridized carbons (Fsp3) is 0.316. The van der Waals surface area contributed by atoms with Crippen LogP contribution < -0.4 is 15.8 Å². The third kappa shape index (κ3) is 5.34. The van der Waals surface area contributed by atoms with Gasteiger partial charge in [0.2, 0.25) is 7.29 Å². The molecule has 0 fully saturated rings. The van der Waals surface area contributed by atoms with Crippen molar-refractivity contribution >= 4 is 42.8 Å². The fourth-order valence-electron chi connectivity index (χ4n) is 2.50. The normalized spacial score (nSPS) is 13.9. The summed E-state index contributed by atoms with van der Waals surface area (Å²) in [5.74, 6) is 0. The van der Waals surface area contributed by atoms with Crippen molar-refractivity contribution in [1.29, 1.82) is 0 Å². The second kappa shape index (κ2) is 10.4. The zero-order valence-electron chi connectivity index (χ0n) is 16.1. The summed E-state index contributed by atoms with van der Waals surface area (Å²) in [6.07, 6.45) is 0. The van der Waals surface area contributed by atoms with Crippen LogP contribution in [0.25, 0.3) is 0 Å². The van der Waals surface area contributed by atoms with E-state index in [1.165, 1.54) is 0 Å². The molecule has 0 aliphatic rings. The minimum Gasteiger partial charge on any atom is -0.308 e. The molecule has 0 amide bonds. The molecule has 0 radical (unpaired) electrons. The Kier molecular flexibility index (Phi) is 8.48. The van der Waals surface area contributed by atoms with Crippen molar-refractivity contribution in [2.75, 3.05) is 13.2 Å². The van der Waals surface area contributed by atoms with Gasteiger partial charge in [-0.15, -0.1) is 11.6 Å². The molecule has 1 atom stereocenters. The first-order chi connectivity index (χ1) is 13.4. The Morgan fingerprint density at radius 2 is 1.39 bits per heavy atom. The van der Waals surface area contributed by atoms with Gasteiger partial charge in [-0.05, 0) is 45.0 Å². The molecule has 1 unspecified atom stereocenters. The smallest absolute Gasteiger partial charge is 0.308 e. The van der Waals surface area contributed by atoms with Gasteiger partial charge in [-0.3, -0.25) is 14.3 Å². The van der Waals surface area contributed by atoms with Gasteiger partial charge >= 0.3 is 7.60 Å². The summed E-state index contributed by atoms with van der Waals surface area (Å²) in [4.78, 5) is 0. The van der Waals surface area contributed by atoms with Crippen LogP contribution in [-0.4, -0.2) is 24.0 Å². The molecule has 0 aromatic heterocycles. The molecule has 0 heterocycles. The molecular formula is C19H25ClN2O4P2. The Hall–Kier alpha value is -1.42. The lowest BCUT2D eigenvalue weighted by Crippen LogP contribution is -2.26. The van der Waals surface area contributed by atoms with Gasteiger partial charge in [-0.2, -0.15) is 5.10 Å². The summed E-state index contributed by atoms with van der Waals surface area (Å²) < 4.78 is 37.3. The molecule has 0 saturated carbocycles. The van der Waals surface area contributed by atoms with Crippen molar-refractivity contribution < 1.29 is 18.2 Å². The van der Waals surface area contributed by atoms with Crippen LogP contribution in [0.3, 0.4) is 0 Å². The summed E-state index contributed by atoms with van der Waals surface area (Å²) in [5, 5.41) is 7.11. The quantitative estimate of drug-likeness (QED) is 0.249. The molecule has 1 N–H and O–H groups in total. The lowest BCUT2D eigenvalue weighted by Gasteiger charge is -2.23. The van der Waals surface area contributed by atoms with Crippen LogP contribution in [0.5, 0.6) is 0 Å². The molecule has 2 aromatic carbocycles. The van der Waals surface area contributed by atoms with Gasteiger partial charge in [0.25, 0.3) is 0 Å². The van der Waals surface area contributed by atoms with E-state index in [-0.39, 0.29) is 18.9 Å². The fourth-order valence-corrected chi connectivity index (χ4v) is 6.47. The first kappa shape index (κ1) is 22.9. The Balaban J connectivity index is 2.37. The molecule has 0 saturated heterocycles. The predicted molar refractivity (Wildman–Crippen MR) is 117 cm³/mol. The van der Waals surface area contributed by atoms with Crippen molar-refractivity contribution in [1.82, 2.24) is 5.20 Å². The number of nitrogens with one attached hydrogen (secondary N) is 1. The van der Waals surface area contributed by atoms with E-state index in [0.29, 0.717) is 10.6 Å². The zero-order valence-corrected chi connectivity index (χ0v) is 18.7. The SMILES string of the molecule is CCOP(=O)(OCC)C(Cl)/C(C)=N/NP(=O)(c1ccccc1)c1ccccc1. The van der Waals surface area contributed by atoms with Crippen molar-refractivity contribution in [2.24, 2.45) is 5.10 Å². The van der Waals surface area contributed by atoms with Gasteiger partial charge in [0.15, 0.2) is 5.12 Å². The Labute approximate surface area is 171 Å². The number of benzene rings is 2. The van der Waals surface area contributed by atoms with Crippen LogP contribution >= 0.6 is 26.5 Å². The van der Waals surface area contributed by atoms with Crippen molar-refractivity contribution in [2.45, 2.75) is 25.9 Å². The van der Waals surface area contributed by atoms with Crippen LogP contribution in [-0.2, 0) is 18.2 Å². The molecule has 0 bridgehead atoms. The summed E-state index contributed by atoms with van der Waals surface area (Å²) >= 11 is 6.34. The number of hydrogen-bond donors (Lipinski definition) is 1. The van der Waals surface area contributed by atoms with Crippen LogP contribution in [0.15, 0.2) is 65.8 Å². The number of nitrogens with zero attached hydrogens (tertiary/aromatic N) is 1. The maximum atomic E-state index is 13.9. The Bertz CT molecular complexity index is 825. The van der Waals surface area contributed by atoms with Crippen molar-refractivity contribution in [3.05, 3.63) is 60.7 Å². The highest BCUT2D eigenvalue weighted by Crippen LogP contribution is 2.55. The Morgan fingerprint density at radius 1 is 0.964 bits per heavy atom. The van der Waals surface area contributed by atoms with E-state index in [4.69, 9.17) is 20.6 Å². The monoisotopic (exact) mass is 442 g/mol. The minimum absolute atomic E-state index is 0.188. The maximum absolute atomic E-state index is 13.9. The minimum atomic E-state index is -3.59. The number of hydrazone groups is 1. The zero-order chi connectivity index (χ0) is 20.6. The lowest BCUT2D eigenvalue weighted by molar-refractivity contribution is 0.221. The van der Waals surface area contributed by atoms with Crippen molar-refractivity contribution in [3.8, 4) is 0 Å². The van der Waals surface area contributed by atoms with Crippen LogP contribution in [0.4, 0.5) is 0 Å². The molecule has 0 spiro atoms. The molecule has 152 valence electrons. The maximum Gasteiger partial charge on any atom is 0.354 e. The molecular weight excluding hydrogens is 418 g/mol. The molecule has 9 heteroatoms. The number of hydrogen-bond acceptors (Lipinski definition) is 5. The number of rotatable bonds is 10. The van der Waals surface area contributed by atoms with Gasteiger partial charge in [0.1, 0.15) is 0 Å². The van der Waals surface area contributed by atoms with E-state index < -0.39 is 20.0 Å². The van der Waals surface area contributed by atoms with E-state index in [2.05, 4.69) is 10.3 Å².